The number of anilines is 3. The number of nitrogens with one attached hydrogen (secondary N) is 2. The number of pyridine rings is 1. The van der Waals surface area contributed by atoms with Gasteiger partial charge in [0.25, 0.3) is 5.91 Å². The molecule has 1 aromatic heterocycles. The normalized spacial score (nSPS) is 10.4. The van der Waals surface area contributed by atoms with E-state index in [4.69, 9.17) is 0 Å². The highest BCUT2D eigenvalue weighted by atomic mass is 19.1. The van der Waals surface area contributed by atoms with Crippen LogP contribution >= 0.6 is 0 Å². The van der Waals surface area contributed by atoms with Crippen molar-refractivity contribution in [3.8, 4) is 0 Å². The lowest BCUT2D eigenvalue weighted by Crippen LogP contribution is -2.14. The Bertz CT molecular complexity index is 907. The lowest BCUT2D eigenvalue weighted by molar-refractivity contribution is 0.102. The van der Waals surface area contributed by atoms with Gasteiger partial charge in [-0.2, -0.15) is 0 Å². The number of carbonyl (C=O) groups is 1. The number of aryl methyl sites for hydroxylation is 2. The fourth-order valence-electron chi connectivity index (χ4n) is 2.46. The first kappa shape index (κ1) is 16.6. The SMILES string of the molecule is Cc1ccc(Nc2ccc(C(=O)Nc3ccccc3F)nc2)c(C)c1. The minimum atomic E-state index is -0.482. The molecule has 0 fully saturated rings. The first-order chi connectivity index (χ1) is 12.0. The Morgan fingerprint density at radius 1 is 1.00 bits per heavy atom. The summed E-state index contributed by atoms with van der Waals surface area (Å²) in [6.45, 7) is 4.07. The number of benzene rings is 2. The maximum atomic E-state index is 13.6. The number of aromatic nitrogens is 1. The highest BCUT2D eigenvalue weighted by Crippen LogP contribution is 2.21. The van der Waals surface area contributed by atoms with Gasteiger partial charge in [0.2, 0.25) is 0 Å². The lowest BCUT2D eigenvalue weighted by Gasteiger charge is -2.11. The van der Waals surface area contributed by atoms with Crippen molar-refractivity contribution in [2.75, 3.05) is 10.6 Å². The quantitative estimate of drug-likeness (QED) is 0.718. The molecule has 5 heteroatoms. The molecule has 4 nitrogen and oxygen atoms in total. The number of amides is 1. The van der Waals surface area contributed by atoms with E-state index >= 15 is 0 Å². The monoisotopic (exact) mass is 335 g/mol. The molecule has 0 radical (unpaired) electrons. The molecule has 0 spiro atoms. The summed E-state index contributed by atoms with van der Waals surface area (Å²) in [5.74, 6) is -0.938. The third kappa shape index (κ3) is 4.01. The van der Waals surface area contributed by atoms with E-state index in [1.165, 1.54) is 17.7 Å². The summed E-state index contributed by atoms with van der Waals surface area (Å²) in [6.07, 6.45) is 1.58. The highest BCUT2D eigenvalue weighted by Gasteiger charge is 2.10. The molecule has 0 saturated heterocycles. The number of rotatable bonds is 4. The van der Waals surface area contributed by atoms with Crippen molar-refractivity contribution in [2.45, 2.75) is 13.8 Å². The van der Waals surface area contributed by atoms with Crippen LogP contribution in [0.15, 0.2) is 60.8 Å². The maximum absolute atomic E-state index is 13.6. The zero-order valence-corrected chi connectivity index (χ0v) is 14.0. The average molecular weight is 335 g/mol. The molecule has 25 heavy (non-hydrogen) atoms. The Hall–Kier alpha value is -3.21. The summed E-state index contributed by atoms with van der Waals surface area (Å²) in [7, 11) is 0. The van der Waals surface area contributed by atoms with Crippen LogP contribution in [0.5, 0.6) is 0 Å². The van der Waals surface area contributed by atoms with Gasteiger partial charge < -0.3 is 10.6 Å². The van der Waals surface area contributed by atoms with Crippen molar-refractivity contribution in [2.24, 2.45) is 0 Å². The number of hydrogen-bond donors (Lipinski definition) is 2. The number of nitrogens with zero attached hydrogens (tertiary/aromatic N) is 1. The largest absolute Gasteiger partial charge is 0.354 e. The molecule has 0 atom stereocenters. The van der Waals surface area contributed by atoms with Gasteiger partial charge in [0.15, 0.2) is 0 Å². The maximum Gasteiger partial charge on any atom is 0.274 e. The van der Waals surface area contributed by atoms with Gasteiger partial charge in [-0.05, 0) is 49.7 Å². The molecule has 0 bridgehead atoms. The molecule has 1 amide bonds. The van der Waals surface area contributed by atoms with Crippen molar-refractivity contribution < 1.29 is 9.18 Å². The number of halogens is 1. The Balaban J connectivity index is 1.71. The summed E-state index contributed by atoms with van der Waals surface area (Å²) >= 11 is 0. The molecule has 1 heterocycles. The van der Waals surface area contributed by atoms with Crippen molar-refractivity contribution >= 4 is 23.0 Å². The summed E-state index contributed by atoms with van der Waals surface area (Å²) in [5.41, 5.74) is 4.43. The predicted molar refractivity (Wildman–Crippen MR) is 97.8 cm³/mol. The van der Waals surface area contributed by atoms with Gasteiger partial charge in [-0.3, -0.25) is 4.79 Å². The van der Waals surface area contributed by atoms with Crippen LogP contribution in [0.4, 0.5) is 21.5 Å². The first-order valence-corrected chi connectivity index (χ1v) is 7.89. The minimum absolute atomic E-state index is 0.131. The predicted octanol–water partition coefficient (Wildman–Crippen LogP) is 4.83. The van der Waals surface area contributed by atoms with E-state index in [1.54, 1.807) is 30.5 Å². The zero-order valence-electron chi connectivity index (χ0n) is 14.0. The Labute approximate surface area is 145 Å². The fourth-order valence-corrected chi connectivity index (χ4v) is 2.46. The van der Waals surface area contributed by atoms with E-state index in [2.05, 4.69) is 21.7 Å². The van der Waals surface area contributed by atoms with Crippen molar-refractivity contribution in [3.63, 3.8) is 0 Å². The van der Waals surface area contributed by atoms with E-state index in [0.717, 1.165) is 16.9 Å². The van der Waals surface area contributed by atoms with Gasteiger partial charge in [-0.25, -0.2) is 9.37 Å². The fraction of sp³-hybridized carbons (Fsp3) is 0.100. The number of para-hydroxylation sites is 1. The lowest BCUT2D eigenvalue weighted by atomic mass is 10.1. The molecule has 126 valence electrons. The highest BCUT2D eigenvalue weighted by molar-refractivity contribution is 6.03. The van der Waals surface area contributed by atoms with Crippen LogP contribution < -0.4 is 10.6 Å². The molecule has 0 aliphatic rings. The zero-order chi connectivity index (χ0) is 17.8. The van der Waals surface area contributed by atoms with Crippen molar-refractivity contribution in [1.29, 1.82) is 0 Å². The van der Waals surface area contributed by atoms with Crippen LogP contribution in [0.1, 0.15) is 21.6 Å². The van der Waals surface area contributed by atoms with Crippen molar-refractivity contribution in [3.05, 3.63) is 83.4 Å². The second-order valence-electron chi connectivity index (χ2n) is 5.81. The Morgan fingerprint density at radius 3 is 2.48 bits per heavy atom. The van der Waals surface area contributed by atoms with Crippen LogP contribution in [0.3, 0.4) is 0 Å². The smallest absolute Gasteiger partial charge is 0.274 e. The van der Waals surface area contributed by atoms with Gasteiger partial charge in [-0.15, -0.1) is 0 Å². The third-order valence-corrected chi connectivity index (χ3v) is 3.78. The summed E-state index contributed by atoms with van der Waals surface area (Å²) in [4.78, 5) is 16.3. The van der Waals surface area contributed by atoms with Gasteiger partial charge >= 0.3 is 0 Å². The Kier molecular flexibility index (Phi) is 4.75. The van der Waals surface area contributed by atoms with E-state index in [-0.39, 0.29) is 11.4 Å². The molecular weight excluding hydrogens is 317 g/mol. The van der Waals surface area contributed by atoms with E-state index < -0.39 is 11.7 Å². The van der Waals surface area contributed by atoms with E-state index in [0.29, 0.717) is 0 Å². The van der Waals surface area contributed by atoms with Gasteiger partial charge in [-0.1, -0.05) is 29.8 Å². The second-order valence-corrected chi connectivity index (χ2v) is 5.81. The first-order valence-electron chi connectivity index (χ1n) is 7.89. The van der Waals surface area contributed by atoms with Crippen molar-refractivity contribution in [1.82, 2.24) is 4.98 Å². The minimum Gasteiger partial charge on any atom is -0.354 e. The number of carbonyl (C=O) groups excluding carboxylic acids is 1. The number of hydrogen-bond acceptors (Lipinski definition) is 3. The molecule has 0 unspecified atom stereocenters. The molecule has 2 aromatic carbocycles. The van der Waals surface area contributed by atoms with Crippen LogP contribution in [0.25, 0.3) is 0 Å². The second kappa shape index (κ2) is 7.13. The van der Waals surface area contributed by atoms with E-state index in [9.17, 15) is 9.18 Å². The molecule has 3 rings (SSSR count). The topological polar surface area (TPSA) is 54.0 Å². The molecule has 0 aliphatic carbocycles. The van der Waals surface area contributed by atoms with Gasteiger partial charge in [0, 0.05) is 5.69 Å². The molecular formula is C20H18FN3O. The average Bonchev–Trinajstić information content (AvgIpc) is 2.60. The van der Waals surface area contributed by atoms with Gasteiger partial charge in [0.1, 0.15) is 11.5 Å². The summed E-state index contributed by atoms with van der Waals surface area (Å²) in [6, 6.07) is 15.5. The standard InChI is InChI=1S/C20H18FN3O/c1-13-7-9-17(14(2)11-13)23-15-8-10-19(22-12-15)20(25)24-18-6-4-3-5-16(18)21/h3-12,23H,1-2H3,(H,24,25). The Morgan fingerprint density at radius 2 is 1.80 bits per heavy atom. The summed E-state index contributed by atoms with van der Waals surface area (Å²) < 4.78 is 13.6. The molecule has 2 N–H and O–H groups in total. The van der Waals surface area contributed by atoms with E-state index in [1.807, 2.05) is 26.0 Å². The molecule has 0 saturated carbocycles. The summed E-state index contributed by atoms with van der Waals surface area (Å²) in [5, 5.41) is 5.78. The van der Waals surface area contributed by atoms with Crippen LogP contribution in [0.2, 0.25) is 0 Å². The van der Waals surface area contributed by atoms with Crippen LogP contribution in [0, 0.1) is 19.7 Å². The molecule has 0 aliphatic heterocycles. The third-order valence-electron chi connectivity index (χ3n) is 3.78. The van der Waals surface area contributed by atoms with Gasteiger partial charge in [0.05, 0.1) is 17.6 Å². The van der Waals surface area contributed by atoms with Crippen LogP contribution in [-0.4, -0.2) is 10.9 Å². The van der Waals surface area contributed by atoms with Crippen LogP contribution in [-0.2, 0) is 0 Å². The molecule has 3 aromatic rings.